The van der Waals surface area contributed by atoms with E-state index in [4.69, 9.17) is 5.73 Å². The Kier molecular flexibility index (Phi) is 3.14. The smallest absolute Gasteiger partial charge is 0.231 e. The van der Waals surface area contributed by atoms with Crippen molar-refractivity contribution in [3.05, 3.63) is 59.4 Å². The van der Waals surface area contributed by atoms with Crippen molar-refractivity contribution in [3.8, 4) is 0 Å². The summed E-state index contributed by atoms with van der Waals surface area (Å²) in [5.74, 6) is -0.276. The summed E-state index contributed by atoms with van der Waals surface area (Å²) >= 11 is 0. The number of carbonyl (C=O) groups excluding carboxylic acids is 1. The van der Waals surface area contributed by atoms with E-state index in [-0.39, 0.29) is 18.1 Å². The highest BCUT2D eigenvalue weighted by atomic mass is 19.1. The van der Waals surface area contributed by atoms with Gasteiger partial charge in [-0.1, -0.05) is 18.2 Å². The van der Waals surface area contributed by atoms with Crippen LogP contribution in [0.3, 0.4) is 0 Å². The summed E-state index contributed by atoms with van der Waals surface area (Å²) in [6.07, 6.45) is 1.12. The van der Waals surface area contributed by atoms with Gasteiger partial charge < -0.3 is 10.6 Å². The minimum Gasteiger partial charge on any atom is -0.399 e. The number of hydrogen-bond acceptors (Lipinski definition) is 2. The van der Waals surface area contributed by atoms with Gasteiger partial charge in [-0.3, -0.25) is 4.79 Å². The quantitative estimate of drug-likeness (QED) is 0.852. The highest BCUT2D eigenvalue weighted by Crippen LogP contribution is 2.30. The van der Waals surface area contributed by atoms with Crippen molar-refractivity contribution in [2.75, 3.05) is 17.2 Å². The number of nitrogens with zero attached hydrogens (tertiary/aromatic N) is 1. The summed E-state index contributed by atoms with van der Waals surface area (Å²) in [5.41, 5.74) is 9.30. The van der Waals surface area contributed by atoms with Crippen molar-refractivity contribution in [3.63, 3.8) is 0 Å². The zero-order chi connectivity index (χ0) is 14.1. The van der Waals surface area contributed by atoms with E-state index in [2.05, 4.69) is 0 Å². The third-order valence-electron chi connectivity index (χ3n) is 3.57. The van der Waals surface area contributed by atoms with Crippen LogP contribution in [0.1, 0.15) is 11.1 Å². The van der Waals surface area contributed by atoms with Crippen molar-refractivity contribution in [1.29, 1.82) is 0 Å². The predicted octanol–water partition coefficient (Wildman–Crippen LogP) is 2.54. The average molecular weight is 270 g/mol. The summed E-state index contributed by atoms with van der Waals surface area (Å²) in [7, 11) is 0. The Balaban J connectivity index is 1.80. The molecule has 0 saturated carbocycles. The van der Waals surface area contributed by atoms with Gasteiger partial charge in [-0.2, -0.15) is 0 Å². The zero-order valence-corrected chi connectivity index (χ0v) is 11.0. The number of carbonyl (C=O) groups is 1. The maximum absolute atomic E-state index is 12.9. The lowest BCUT2D eigenvalue weighted by Gasteiger charge is -2.17. The molecule has 0 aliphatic carbocycles. The highest BCUT2D eigenvalue weighted by Gasteiger charge is 2.24. The van der Waals surface area contributed by atoms with Crippen molar-refractivity contribution in [2.45, 2.75) is 12.8 Å². The molecule has 2 aromatic rings. The van der Waals surface area contributed by atoms with Crippen LogP contribution < -0.4 is 10.6 Å². The Morgan fingerprint density at radius 3 is 2.70 bits per heavy atom. The molecule has 102 valence electrons. The van der Waals surface area contributed by atoms with Crippen LogP contribution in [0.5, 0.6) is 0 Å². The number of anilines is 2. The summed E-state index contributed by atoms with van der Waals surface area (Å²) < 4.78 is 12.9. The summed E-state index contributed by atoms with van der Waals surface area (Å²) in [6, 6.07) is 11.7. The first-order valence-corrected chi connectivity index (χ1v) is 6.57. The largest absolute Gasteiger partial charge is 0.399 e. The average Bonchev–Trinajstić information content (AvgIpc) is 2.84. The molecule has 2 N–H and O–H groups in total. The lowest BCUT2D eigenvalue weighted by molar-refractivity contribution is -0.117. The molecule has 4 heteroatoms. The molecule has 0 fully saturated rings. The maximum Gasteiger partial charge on any atom is 0.231 e. The van der Waals surface area contributed by atoms with Crippen molar-refractivity contribution in [2.24, 2.45) is 0 Å². The Labute approximate surface area is 116 Å². The Morgan fingerprint density at radius 1 is 1.20 bits per heavy atom. The van der Waals surface area contributed by atoms with E-state index >= 15 is 0 Å². The van der Waals surface area contributed by atoms with Crippen LogP contribution in [-0.2, 0) is 17.6 Å². The fraction of sp³-hybridized carbons (Fsp3) is 0.188. The van der Waals surface area contributed by atoms with E-state index < -0.39 is 0 Å². The molecule has 1 heterocycles. The fourth-order valence-electron chi connectivity index (χ4n) is 2.53. The maximum atomic E-state index is 12.9. The number of benzene rings is 2. The molecule has 0 aromatic heterocycles. The monoisotopic (exact) mass is 270 g/mol. The third-order valence-corrected chi connectivity index (χ3v) is 3.57. The van der Waals surface area contributed by atoms with Crippen LogP contribution in [0, 0.1) is 5.82 Å². The van der Waals surface area contributed by atoms with E-state index in [0.717, 1.165) is 23.2 Å². The number of hydrogen-bond donors (Lipinski definition) is 1. The molecule has 0 spiro atoms. The standard InChI is InChI=1S/C16H15FN2O/c17-13-4-1-11(2-5-13)9-16(20)19-8-7-12-3-6-14(18)10-15(12)19/h1-6,10H,7-9,18H2. The number of nitrogens with two attached hydrogens (primary N) is 1. The first-order valence-electron chi connectivity index (χ1n) is 6.57. The summed E-state index contributed by atoms with van der Waals surface area (Å²) in [6.45, 7) is 0.679. The van der Waals surface area contributed by atoms with Crippen molar-refractivity contribution >= 4 is 17.3 Å². The number of nitrogen functional groups attached to an aromatic ring is 1. The molecule has 0 unspecified atom stereocenters. The molecule has 0 saturated heterocycles. The van der Waals surface area contributed by atoms with E-state index in [1.54, 1.807) is 17.0 Å². The third kappa shape index (κ3) is 2.37. The van der Waals surface area contributed by atoms with Gasteiger partial charge in [-0.05, 0) is 41.8 Å². The second kappa shape index (κ2) is 4.96. The molecular weight excluding hydrogens is 255 g/mol. The second-order valence-electron chi connectivity index (χ2n) is 4.99. The molecule has 0 atom stereocenters. The van der Waals surface area contributed by atoms with Gasteiger partial charge in [-0.15, -0.1) is 0 Å². The van der Waals surface area contributed by atoms with Gasteiger partial charge in [0.15, 0.2) is 0 Å². The van der Waals surface area contributed by atoms with Crippen molar-refractivity contribution in [1.82, 2.24) is 0 Å². The lowest BCUT2D eigenvalue weighted by Crippen LogP contribution is -2.30. The molecule has 3 rings (SSSR count). The molecule has 1 aliphatic heterocycles. The Hall–Kier alpha value is -2.36. The van der Waals surface area contributed by atoms with Gasteiger partial charge in [0.05, 0.1) is 6.42 Å². The number of rotatable bonds is 2. The molecule has 2 aromatic carbocycles. The number of amides is 1. The van der Waals surface area contributed by atoms with Crippen molar-refractivity contribution < 1.29 is 9.18 Å². The minimum absolute atomic E-state index is 0.0148. The molecule has 1 aliphatic rings. The zero-order valence-electron chi connectivity index (χ0n) is 11.0. The van der Waals surface area contributed by atoms with Crippen LogP contribution in [0.2, 0.25) is 0 Å². The van der Waals surface area contributed by atoms with Crippen LogP contribution in [-0.4, -0.2) is 12.5 Å². The topological polar surface area (TPSA) is 46.3 Å². The Bertz CT molecular complexity index is 652. The molecule has 0 bridgehead atoms. The predicted molar refractivity (Wildman–Crippen MR) is 77.0 cm³/mol. The SMILES string of the molecule is Nc1ccc2c(c1)N(C(=O)Cc1ccc(F)cc1)CC2. The van der Waals surface area contributed by atoms with E-state index in [1.165, 1.54) is 12.1 Å². The van der Waals surface area contributed by atoms with Crippen LogP contribution in [0.15, 0.2) is 42.5 Å². The number of fused-ring (bicyclic) bond motifs is 1. The van der Waals surface area contributed by atoms with Gasteiger partial charge in [0.25, 0.3) is 0 Å². The van der Waals surface area contributed by atoms with Gasteiger partial charge in [0, 0.05) is 17.9 Å². The normalized spacial score (nSPS) is 13.3. The highest BCUT2D eigenvalue weighted by molar-refractivity contribution is 5.97. The second-order valence-corrected chi connectivity index (χ2v) is 4.99. The van der Waals surface area contributed by atoms with Gasteiger partial charge in [0.2, 0.25) is 5.91 Å². The number of halogens is 1. The lowest BCUT2D eigenvalue weighted by atomic mass is 10.1. The van der Waals surface area contributed by atoms with E-state index in [1.807, 2.05) is 18.2 Å². The fourth-order valence-corrected chi connectivity index (χ4v) is 2.53. The van der Waals surface area contributed by atoms with E-state index in [9.17, 15) is 9.18 Å². The summed E-state index contributed by atoms with van der Waals surface area (Å²) in [4.78, 5) is 14.1. The molecule has 1 amide bonds. The first kappa shape index (κ1) is 12.7. The first-order chi connectivity index (χ1) is 9.63. The molecule has 3 nitrogen and oxygen atoms in total. The van der Waals surface area contributed by atoms with Gasteiger partial charge in [-0.25, -0.2) is 4.39 Å². The van der Waals surface area contributed by atoms with E-state index in [0.29, 0.717) is 12.2 Å². The Morgan fingerprint density at radius 2 is 1.95 bits per heavy atom. The van der Waals surface area contributed by atoms with Gasteiger partial charge >= 0.3 is 0 Å². The van der Waals surface area contributed by atoms with Crippen LogP contribution >= 0.6 is 0 Å². The van der Waals surface area contributed by atoms with Crippen LogP contribution in [0.25, 0.3) is 0 Å². The van der Waals surface area contributed by atoms with Crippen LogP contribution in [0.4, 0.5) is 15.8 Å². The minimum atomic E-state index is -0.291. The molecular formula is C16H15FN2O. The molecule has 20 heavy (non-hydrogen) atoms. The molecule has 0 radical (unpaired) electrons. The summed E-state index contributed by atoms with van der Waals surface area (Å²) in [5, 5.41) is 0. The van der Waals surface area contributed by atoms with Gasteiger partial charge in [0.1, 0.15) is 5.82 Å².